The Morgan fingerprint density at radius 1 is 1.03 bits per heavy atom. The fraction of sp³-hybridized carbons (Fsp3) is 0.417. The summed E-state index contributed by atoms with van der Waals surface area (Å²) in [7, 11) is -3.43. The number of nitrogens with one attached hydrogen (secondary N) is 2. The molecule has 0 heterocycles. The van der Waals surface area contributed by atoms with E-state index in [2.05, 4.69) is 10.6 Å². The molecular weight excluding hydrogens is 428 g/mol. The third kappa shape index (κ3) is 6.09. The molecule has 32 heavy (non-hydrogen) atoms. The van der Waals surface area contributed by atoms with Crippen molar-refractivity contribution in [3.05, 3.63) is 60.2 Å². The zero-order valence-corrected chi connectivity index (χ0v) is 19.2. The summed E-state index contributed by atoms with van der Waals surface area (Å²) in [5.41, 5.74) is 1.22. The van der Waals surface area contributed by atoms with Crippen molar-refractivity contribution >= 4 is 27.5 Å². The molecule has 8 heteroatoms. The SMILES string of the molecule is CC(C)[C@H](NC(=O)OCc1ccccc1)C(=O)Nc1cccc(S(=O)(=O)C2CCCC2)c1. The minimum Gasteiger partial charge on any atom is -0.445 e. The second kappa shape index (κ2) is 10.6. The number of rotatable bonds is 8. The van der Waals surface area contributed by atoms with E-state index in [0.717, 1.165) is 18.4 Å². The van der Waals surface area contributed by atoms with Gasteiger partial charge in [-0.15, -0.1) is 0 Å². The predicted molar refractivity (Wildman–Crippen MR) is 123 cm³/mol. The van der Waals surface area contributed by atoms with Crippen molar-refractivity contribution in [1.82, 2.24) is 5.32 Å². The molecule has 2 amide bonds. The molecule has 0 spiro atoms. The van der Waals surface area contributed by atoms with Gasteiger partial charge in [0, 0.05) is 5.69 Å². The summed E-state index contributed by atoms with van der Waals surface area (Å²) in [5, 5.41) is 4.97. The van der Waals surface area contributed by atoms with Gasteiger partial charge in [0.25, 0.3) is 0 Å². The molecule has 0 aliphatic heterocycles. The first-order chi connectivity index (χ1) is 15.3. The molecule has 0 saturated heterocycles. The first-order valence-corrected chi connectivity index (χ1v) is 12.4. The third-order valence-electron chi connectivity index (χ3n) is 5.61. The Bertz CT molecular complexity index is 1030. The lowest BCUT2D eigenvalue weighted by molar-refractivity contribution is -0.119. The highest BCUT2D eigenvalue weighted by Gasteiger charge is 2.31. The Labute approximate surface area is 189 Å². The lowest BCUT2D eigenvalue weighted by Gasteiger charge is -2.21. The number of sulfone groups is 1. The summed E-state index contributed by atoms with van der Waals surface area (Å²) in [6.45, 7) is 3.71. The van der Waals surface area contributed by atoms with E-state index in [1.165, 1.54) is 6.07 Å². The maximum atomic E-state index is 12.9. The van der Waals surface area contributed by atoms with Crippen molar-refractivity contribution in [2.24, 2.45) is 5.92 Å². The van der Waals surface area contributed by atoms with Crippen LogP contribution < -0.4 is 10.6 Å². The lowest BCUT2D eigenvalue weighted by Crippen LogP contribution is -2.47. The standard InChI is InChI=1S/C24H30N2O5S/c1-17(2)22(26-24(28)31-16-18-9-4-3-5-10-18)23(27)25-19-11-8-14-21(15-19)32(29,30)20-12-6-7-13-20/h3-5,8-11,14-15,17,20,22H,6-7,12-13,16H2,1-2H3,(H,25,27)(H,26,28)/t22-/m0/s1. The number of hydrogen-bond acceptors (Lipinski definition) is 5. The summed E-state index contributed by atoms with van der Waals surface area (Å²) in [6.07, 6.45) is 2.48. The number of carbonyl (C=O) groups is 2. The van der Waals surface area contributed by atoms with Crippen molar-refractivity contribution in [2.45, 2.75) is 62.3 Å². The number of carbonyl (C=O) groups excluding carboxylic acids is 2. The van der Waals surface area contributed by atoms with Gasteiger partial charge < -0.3 is 15.4 Å². The molecule has 1 aliphatic rings. The Kier molecular flexibility index (Phi) is 7.90. The number of anilines is 1. The van der Waals surface area contributed by atoms with Gasteiger partial charge in [-0.2, -0.15) is 0 Å². The molecule has 1 atom stereocenters. The molecule has 0 aromatic heterocycles. The zero-order chi connectivity index (χ0) is 23.1. The lowest BCUT2D eigenvalue weighted by atomic mass is 10.0. The Hall–Kier alpha value is -2.87. The summed E-state index contributed by atoms with van der Waals surface area (Å²) in [4.78, 5) is 25.3. The van der Waals surface area contributed by atoms with Gasteiger partial charge in [-0.25, -0.2) is 13.2 Å². The van der Waals surface area contributed by atoms with Crippen LogP contribution in [0.3, 0.4) is 0 Å². The summed E-state index contributed by atoms with van der Waals surface area (Å²) in [5.74, 6) is -0.642. The molecule has 0 radical (unpaired) electrons. The van der Waals surface area contributed by atoms with Crippen LogP contribution in [0.25, 0.3) is 0 Å². The minimum absolute atomic E-state index is 0.0974. The predicted octanol–water partition coefficient (Wildman–Crippen LogP) is 4.29. The molecule has 2 N–H and O–H groups in total. The number of amides is 2. The third-order valence-corrected chi connectivity index (χ3v) is 7.87. The molecule has 0 unspecified atom stereocenters. The number of hydrogen-bond donors (Lipinski definition) is 2. The van der Waals surface area contributed by atoms with E-state index in [4.69, 9.17) is 4.74 Å². The van der Waals surface area contributed by atoms with Crippen LogP contribution in [0.5, 0.6) is 0 Å². The van der Waals surface area contributed by atoms with Gasteiger partial charge >= 0.3 is 6.09 Å². The van der Waals surface area contributed by atoms with Crippen LogP contribution in [0, 0.1) is 5.92 Å². The van der Waals surface area contributed by atoms with Crippen molar-refractivity contribution in [1.29, 1.82) is 0 Å². The van der Waals surface area contributed by atoms with Crippen molar-refractivity contribution in [2.75, 3.05) is 5.32 Å². The number of alkyl carbamates (subject to hydrolysis) is 1. The van der Waals surface area contributed by atoms with E-state index in [-0.39, 0.29) is 22.7 Å². The van der Waals surface area contributed by atoms with Gasteiger partial charge in [0.15, 0.2) is 9.84 Å². The first kappa shape index (κ1) is 23.8. The second-order valence-electron chi connectivity index (χ2n) is 8.40. The van der Waals surface area contributed by atoms with Crippen LogP contribution in [0.2, 0.25) is 0 Å². The normalized spacial score (nSPS) is 15.3. The number of ether oxygens (including phenoxy) is 1. The fourth-order valence-corrected chi connectivity index (χ4v) is 5.69. The molecular formula is C24H30N2O5S. The van der Waals surface area contributed by atoms with Crippen LogP contribution in [-0.4, -0.2) is 31.7 Å². The summed E-state index contributed by atoms with van der Waals surface area (Å²) in [6, 6.07) is 14.7. The zero-order valence-electron chi connectivity index (χ0n) is 18.4. The van der Waals surface area contributed by atoms with Crippen LogP contribution in [0.4, 0.5) is 10.5 Å². The van der Waals surface area contributed by atoms with E-state index in [1.807, 2.05) is 44.2 Å². The molecule has 1 fully saturated rings. The van der Waals surface area contributed by atoms with Crippen LogP contribution in [0.15, 0.2) is 59.5 Å². The molecule has 2 aromatic rings. The van der Waals surface area contributed by atoms with Gasteiger partial charge in [-0.05, 0) is 42.5 Å². The van der Waals surface area contributed by atoms with Gasteiger partial charge in [-0.3, -0.25) is 4.79 Å². The van der Waals surface area contributed by atoms with E-state index in [1.54, 1.807) is 18.2 Å². The number of benzene rings is 2. The summed E-state index contributed by atoms with van der Waals surface area (Å²) >= 11 is 0. The molecule has 1 aliphatic carbocycles. The molecule has 0 bridgehead atoms. The Morgan fingerprint density at radius 3 is 2.38 bits per heavy atom. The maximum absolute atomic E-state index is 12.9. The van der Waals surface area contributed by atoms with Gasteiger partial charge in [0.05, 0.1) is 10.1 Å². The van der Waals surface area contributed by atoms with Crippen LogP contribution >= 0.6 is 0 Å². The summed E-state index contributed by atoms with van der Waals surface area (Å²) < 4.78 is 30.9. The average molecular weight is 459 g/mol. The van der Waals surface area contributed by atoms with E-state index in [0.29, 0.717) is 18.5 Å². The van der Waals surface area contributed by atoms with Crippen molar-refractivity contribution < 1.29 is 22.7 Å². The molecule has 2 aromatic carbocycles. The first-order valence-electron chi connectivity index (χ1n) is 10.9. The Balaban J connectivity index is 1.63. The molecule has 1 saturated carbocycles. The highest BCUT2D eigenvalue weighted by molar-refractivity contribution is 7.92. The van der Waals surface area contributed by atoms with E-state index in [9.17, 15) is 18.0 Å². The van der Waals surface area contributed by atoms with E-state index >= 15 is 0 Å². The monoisotopic (exact) mass is 458 g/mol. The topological polar surface area (TPSA) is 102 Å². The van der Waals surface area contributed by atoms with Crippen LogP contribution in [-0.2, 0) is 26.0 Å². The maximum Gasteiger partial charge on any atom is 0.408 e. The average Bonchev–Trinajstić information content (AvgIpc) is 3.32. The smallest absolute Gasteiger partial charge is 0.408 e. The van der Waals surface area contributed by atoms with E-state index < -0.39 is 27.9 Å². The largest absolute Gasteiger partial charge is 0.445 e. The van der Waals surface area contributed by atoms with Crippen LogP contribution in [0.1, 0.15) is 45.1 Å². The second-order valence-corrected chi connectivity index (χ2v) is 10.6. The van der Waals surface area contributed by atoms with Crippen molar-refractivity contribution in [3.8, 4) is 0 Å². The minimum atomic E-state index is -3.43. The quantitative estimate of drug-likeness (QED) is 0.614. The fourth-order valence-electron chi connectivity index (χ4n) is 3.79. The molecule has 7 nitrogen and oxygen atoms in total. The Morgan fingerprint density at radius 2 is 1.72 bits per heavy atom. The van der Waals surface area contributed by atoms with Gasteiger partial charge in [0.1, 0.15) is 12.6 Å². The molecule has 3 rings (SSSR count). The van der Waals surface area contributed by atoms with Gasteiger partial charge in [-0.1, -0.05) is 63.1 Å². The molecule has 172 valence electrons. The highest BCUT2D eigenvalue weighted by Crippen LogP contribution is 2.30. The van der Waals surface area contributed by atoms with Gasteiger partial charge in [0.2, 0.25) is 5.91 Å². The van der Waals surface area contributed by atoms with Crippen molar-refractivity contribution in [3.63, 3.8) is 0 Å². The highest BCUT2D eigenvalue weighted by atomic mass is 32.2.